The lowest BCUT2D eigenvalue weighted by Gasteiger charge is -2.09. The highest BCUT2D eigenvalue weighted by molar-refractivity contribution is 6.04. The predicted octanol–water partition coefficient (Wildman–Crippen LogP) is 4.43. The number of carbonyl (C=O) groups is 1. The van der Waals surface area contributed by atoms with Gasteiger partial charge in [0.25, 0.3) is 11.6 Å². The Morgan fingerprint density at radius 3 is 2.59 bits per heavy atom. The monoisotopic (exact) mass is 392 g/mol. The van der Waals surface area contributed by atoms with E-state index in [2.05, 4.69) is 10.4 Å². The van der Waals surface area contributed by atoms with E-state index in [1.165, 1.54) is 17.0 Å². The van der Waals surface area contributed by atoms with E-state index < -0.39 is 16.6 Å². The standard InChI is InChI=1S/C20H13FN4O4/c21-15-9-8-14(25(27)28)11-16(15)22-20(26)18-12-17(19-7-4-10-29-19)23-24(18)13-5-2-1-3-6-13/h1-12H,(H,22,26). The number of hydrogen-bond donors (Lipinski definition) is 1. The van der Waals surface area contributed by atoms with Crippen molar-refractivity contribution in [2.75, 3.05) is 5.32 Å². The first kappa shape index (κ1) is 18.1. The number of non-ortho nitro benzene ring substituents is 1. The topological polar surface area (TPSA) is 103 Å². The zero-order chi connectivity index (χ0) is 20.4. The number of halogens is 1. The van der Waals surface area contributed by atoms with Gasteiger partial charge in [0, 0.05) is 18.2 Å². The maximum atomic E-state index is 14.1. The van der Waals surface area contributed by atoms with E-state index in [-0.39, 0.29) is 17.1 Å². The van der Waals surface area contributed by atoms with Crippen LogP contribution in [-0.4, -0.2) is 20.6 Å². The van der Waals surface area contributed by atoms with Gasteiger partial charge in [-0.05, 0) is 30.3 Å². The lowest BCUT2D eigenvalue weighted by molar-refractivity contribution is -0.384. The van der Waals surface area contributed by atoms with Gasteiger partial charge in [0.2, 0.25) is 0 Å². The van der Waals surface area contributed by atoms with Gasteiger partial charge in [-0.3, -0.25) is 14.9 Å². The SMILES string of the molecule is O=C(Nc1cc([N+](=O)[O-])ccc1F)c1cc(-c2ccco2)nn1-c1ccccc1. The Labute approximate surface area is 163 Å². The second kappa shape index (κ2) is 7.39. The minimum Gasteiger partial charge on any atom is -0.463 e. The van der Waals surface area contributed by atoms with E-state index in [1.54, 1.807) is 36.4 Å². The summed E-state index contributed by atoms with van der Waals surface area (Å²) in [4.78, 5) is 23.2. The fourth-order valence-corrected chi connectivity index (χ4v) is 2.76. The quantitative estimate of drug-likeness (QED) is 0.400. The van der Waals surface area contributed by atoms with Crippen molar-refractivity contribution in [2.24, 2.45) is 0 Å². The molecule has 1 N–H and O–H groups in total. The highest BCUT2D eigenvalue weighted by atomic mass is 19.1. The van der Waals surface area contributed by atoms with Crippen molar-refractivity contribution in [3.05, 3.63) is 94.6 Å². The van der Waals surface area contributed by atoms with Gasteiger partial charge in [-0.25, -0.2) is 9.07 Å². The number of carbonyl (C=O) groups excluding carboxylic acids is 1. The normalized spacial score (nSPS) is 10.7. The number of amides is 1. The van der Waals surface area contributed by atoms with Crippen molar-refractivity contribution in [3.8, 4) is 17.1 Å². The minimum absolute atomic E-state index is 0.105. The molecule has 144 valence electrons. The van der Waals surface area contributed by atoms with Crippen LogP contribution in [0.1, 0.15) is 10.5 Å². The van der Waals surface area contributed by atoms with Crippen LogP contribution in [0.3, 0.4) is 0 Å². The molecule has 1 amide bonds. The number of anilines is 1. The van der Waals surface area contributed by atoms with Crippen LogP contribution >= 0.6 is 0 Å². The molecule has 0 radical (unpaired) electrons. The molecule has 4 aromatic rings. The fraction of sp³-hybridized carbons (Fsp3) is 0. The molecule has 2 heterocycles. The molecule has 4 rings (SSSR count). The molecule has 0 unspecified atom stereocenters. The maximum Gasteiger partial charge on any atom is 0.274 e. The molecule has 9 heteroatoms. The summed E-state index contributed by atoms with van der Waals surface area (Å²) >= 11 is 0. The van der Waals surface area contributed by atoms with Crippen LogP contribution < -0.4 is 5.32 Å². The Balaban J connectivity index is 1.75. The maximum absolute atomic E-state index is 14.1. The first-order valence-corrected chi connectivity index (χ1v) is 8.47. The molecular weight excluding hydrogens is 379 g/mol. The Kier molecular flexibility index (Phi) is 4.62. The first-order valence-electron chi connectivity index (χ1n) is 8.47. The van der Waals surface area contributed by atoms with Crippen LogP contribution in [0.25, 0.3) is 17.1 Å². The molecule has 0 atom stereocenters. The zero-order valence-corrected chi connectivity index (χ0v) is 14.8. The van der Waals surface area contributed by atoms with Crippen LogP contribution in [0.15, 0.2) is 77.4 Å². The van der Waals surface area contributed by atoms with Crippen molar-refractivity contribution in [1.82, 2.24) is 9.78 Å². The van der Waals surface area contributed by atoms with Crippen molar-refractivity contribution >= 4 is 17.3 Å². The lowest BCUT2D eigenvalue weighted by atomic mass is 10.2. The molecule has 0 saturated carbocycles. The van der Waals surface area contributed by atoms with Crippen molar-refractivity contribution in [3.63, 3.8) is 0 Å². The highest BCUT2D eigenvalue weighted by Crippen LogP contribution is 2.25. The third-order valence-corrected chi connectivity index (χ3v) is 4.13. The molecule has 29 heavy (non-hydrogen) atoms. The summed E-state index contributed by atoms with van der Waals surface area (Å²) in [6, 6.07) is 16.7. The van der Waals surface area contributed by atoms with Gasteiger partial charge in [0.1, 0.15) is 17.2 Å². The molecule has 0 aliphatic rings. The zero-order valence-electron chi connectivity index (χ0n) is 14.8. The molecular formula is C20H13FN4O4. The molecule has 2 aromatic carbocycles. The summed E-state index contributed by atoms with van der Waals surface area (Å²) in [7, 11) is 0. The number of aromatic nitrogens is 2. The van der Waals surface area contributed by atoms with Crippen molar-refractivity contribution < 1.29 is 18.5 Å². The van der Waals surface area contributed by atoms with Gasteiger partial charge in [-0.1, -0.05) is 18.2 Å². The lowest BCUT2D eigenvalue weighted by Crippen LogP contribution is -2.17. The fourth-order valence-electron chi connectivity index (χ4n) is 2.76. The highest BCUT2D eigenvalue weighted by Gasteiger charge is 2.21. The van der Waals surface area contributed by atoms with Crippen LogP contribution in [0.2, 0.25) is 0 Å². The van der Waals surface area contributed by atoms with Crippen molar-refractivity contribution in [1.29, 1.82) is 0 Å². The predicted molar refractivity (Wildman–Crippen MR) is 102 cm³/mol. The smallest absolute Gasteiger partial charge is 0.274 e. The Morgan fingerprint density at radius 2 is 1.90 bits per heavy atom. The van der Waals surface area contributed by atoms with Crippen LogP contribution in [0, 0.1) is 15.9 Å². The van der Waals surface area contributed by atoms with Gasteiger partial charge in [-0.15, -0.1) is 0 Å². The van der Waals surface area contributed by atoms with Crippen molar-refractivity contribution in [2.45, 2.75) is 0 Å². The second-order valence-electron chi connectivity index (χ2n) is 6.01. The Bertz CT molecular complexity index is 1190. The van der Waals surface area contributed by atoms with Gasteiger partial charge in [0.05, 0.1) is 22.6 Å². The summed E-state index contributed by atoms with van der Waals surface area (Å²) in [5.41, 5.74) is 0.478. The average Bonchev–Trinajstić information content (AvgIpc) is 3.40. The van der Waals surface area contributed by atoms with Gasteiger partial charge in [0.15, 0.2) is 5.76 Å². The number of rotatable bonds is 5. The third-order valence-electron chi connectivity index (χ3n) is 4.13. The third kappa shape index (κ3) is 3.61. The summed E-state index contributed by atoms with van der Waals surface area (Å²) < 4.78 is 20.8. The summed E-state index contributed by atoms with van der Waals surface area (Å²) in [5.74, 6) is -1.02. The molecule has 2 aromatic heterocycles. The summed E-state index contributed by atoms with van der Waals surface area (Å²) in [5, 5.41) is 17.7. The molecule has 0 fully saturated rings. The van der Waals surface area contributed by atoms with E-state index >= 15 is 0 Å². The molecule has 0 spiro atoms. The van der Waals surface area contributed by atoms with Gasteiger partial charge < -0.3 is 9.73 Å². The van der Waals surface area contributed by atoms with E-state index in [1.807, 2.05) is 6.07 Å². The van der Waals surface area contributed by atoms with Gasteiger partial charge in [-0.2, -0.15) is 5.10 Å². The Morgan fingerprint density at radius 1 is 1.10 bits per heavy atom. The molecule has 0 aliphatic heterocycles. The molecule has 0 bridgehead atoms. The van der Waals surface area contributed by atoms with Gasteiger partial charge >= 0.3 is 0 Å². The van der Waals surface area contributed by atoms with E-state index in [4.69, 9.17) is 4.42 Å². The average molecular weight is 392 g/mol. The summed E-state index contributed by atoms with van der Waals surface area (Å²) in [6.45, 7) is 0. The number of nitro groups is 1. The van der Waals surface area contributed by atoms with Crippen LogP contribution in [0.4, 0.5) is 15.8 Å². The molecule has 8 nitrogen and oxygen atoms in total. The minimum atomic E-state index is -0.791. The van der Waals surface area contributed by atoms with E-state index in [9.17, 15) is 19.3 Å². The van der Waals surface area contributed by atoms with E-state index in [0.29, 0.717) is 17.1 Å². The van der Waals surface area contributed by atoms with E-state index in [0.717, 1.165) is 18.2 Å². The molecule has 0 aliphatic carbocycles. The largest absolute Gasteiger partial charge is 0.463 e. The summed E-state index contributed by atoms with van der Waals surface area (Å²) in [6.07, 6.45) is 1.48. The number of nitrogens with zero attached hydrogens (tertiary/aromatic N) is 3. The first-order chi connectivity index (χ1) is 14.0. The second-order valence-corrected chi connectivity index (χ2v) is 6.01. The number of furan rings is 1. The number of nitrogens with one attached hydrogen (secondary N) is 1. The number of benzene rings is 2. The Hall–Kier alpha value is -4.27. The number of para-hydroxylation sites is 1. The number of hydrogen-bond acceptors (Lipinski definition) is 5. The number of nitro benzene ring substituents is 1. The van der Waals surface area contributed by atoms with Crippen LogP contribution in [-0.2, 0) is 0 Å². The van der Waals surface area contributed by atoms with Crippen LogP contribution in [0.5, 0.6) is 0 Å². The molecule has 0 saturated heterocycles.